The van der Waals surface area contributed by atoms with Crippen molar-refractivity contribution < 1.29 is 4.79 Å². The van der Waals surface area contributed by atoms with Crippen LogP contribution < -0.4 is 10.9 Å². The first-order valence-corrected chi connectivity index (χ1v) is 9.64. The van der Waals surface area contributed by atoms with Gasteiger partial charge in [0.1, 0.15) is 5.65 Å². The smallest absolute Gasteiger partial charge is 0.258 e. The van der Waals surface area contributed by atoms with Crippen molar-refractivity contribution in [1.29, 1.82) is 0 Å². The Bertz CT molecular complexity index is 1020. The largest absolute Gasteiger partial charge is 0.325 e. The molecule has 2 aromatic heterocycles. The molecule has 0 unspecified atom stereocenters. The molecule has 0 aliphatic rings. The number of aromatic nitrogens is 2. The van der Waals surface area contributed by atoms with Crippen molar-refractivity contribution >= 4 is 52.2 Å². The van der Waals surface area contributed by atoms with E-state index in [1.807, 2.05) is 13.0 Å². The van der Waals surface area contributed by atoms with E-state index in [1.165, 1.54) is 22.2 Å². The Hall–Kier alpha value is -2.02. The summed E-state index contributed by atoms with van der Waals surface area (Å²) in [6, 6.07) is 10.1. The van der Waals surface area contributed by atoms with Gasteiger partial charge in [-0.05, 0) is 36.8 Å². The minimum atomic E-state index is -0.179. The molecule has 2 heterocycles. The fourth-order valence-corrected chi connectivity index (χ4v) is 3.65. The molecule has 0 saturated heterocycles. The van der Waals surface area contributed by atoms with E-state index < -0.39 is 0 Å². The maximum Gasteiger partial charge on any atom is 0.258 e. The van der Waals surface area contributed by atoms with E-state index >= 15 is 0 Å². The van der Waals surface area contributed by atoms with Gasteiger partial charge >= 0.3 is 0 Å². The van der Waals surface area contributed by atoms with Crippen LogP contribution in [-0.4, -0.2) is 21.0 Å². The monoisotopic (exact) mass is 407 g/mol. The van der Waals surface area contributed by atoms with Gasteiger partial charge in [0, 0.05) is 33.7 Å². The number of rotatable bonds is 5. The van der Waals surface area contributed by atoms with Crippen LogP contribution in [0.15, 0.2) is 47.4 Å². The number of halogens is 2. The summed E-state index contributed by atoms with van der Waals surface area (Å²) < 4.78 is 1.51. The van der Waals surface area contributed by atoms with Crippen LogP contribution in [0.5, 0.6) is 0 Å². The quantitative estimate of drug-likeness (QED) is 0.688. The van der Waals surface area contributed by atoms with E-state index in [0.29, 0.717) is 32.8 Å². The maximum absolute atomic E-state index is 12.2. The number of carbonyl (C=O) groups excluding carboxylic acids is 1. The first-order chi connectivity index (χ1) is 12.4. The number of fused-ring (bicyclic) bond motifs is 1. The van der Waals surface area contributed by atoms with E-state index in [-0.39, 0.29) is 17.2 Å². The molecule has 3 aromatic rings. The zero-order valence-electron chi connectivity index (χ0n) is 13.8. The number of thioether (sulfide) groups is 1. The highest BCUT2D eigenvalue weighted by molar-refractivity contribution is 7.99. The van der Waals surface area contributed by atoms with Crippen molar-refractivity contribution in [2.45, 2.75) is 12.7 Å². The second-order valence-corrected chi connectivity index (χ2v) is 7.58. The van der Waals surface area contributed by atoms with Crippen molar-refractivity contribution in [3.63, 3.8) is 0 Å². The van der Waals surface area contributed by atoms with Crippen molar-refractivity contribution in [3.8, 4) is 0 Å². The molecular weight excluding hydrogens is 393 g/mol. The maximum atomic E-state index is 12.2. The van der Waals surface area contributed by atoms with Crippen LogP contribution in [0, 0.1) is 6.92 Å². The standard InChI is InChI=1S/C18H15Cl2N3O2S/c1-11-2-3-16-21-15(7-18(25)23(16)8-11)9-26-10-17(24)22-14-5-12(19)4-13(20)6-14/h2-8H,9-10H2,1H3,(H,22,24). The Morgan fingerprint density at radius 2 is 1.92 bits per heavy atom. The van der Waals surface area contributed by atoms with E-state index in [2.05, 4.69) is 10.3 Å². The van der Waals surface area contributed by atoms with Crippen molar-refractivity contribution in [2.75, 3.05) is 11.1 Å². The second kappa shape index (κ2) is 8.12. The van der Waals surface area contributed by atoms with Gasteiger partial charge in [-0.25, -0.2) is 4.98 Å². The highest BCUT2D eigenvalue weighted by atomic mass is 35.5. The van der Waals surface area contributed by atoms with Gasteiger partial charge in [-0.15, -0.1) is 11.8 Å². The number of benzene rings is 1. The molecule has 0 atom stereocenters. The second-order valence-electron chi connectivity index (χ2n) is 5.72. The Balaban J connectivity index is 1.61. The van der Waals surface area contributed by atoms with Gasteiger partial charge in [-0.1, -0.05) is 29.3 Å². The first kappa shape index (κ1) is 18.8. The Kier molecular flexibility index (Phi) is 5.86. The molecule has 1 N–H and O–H groups in total. The summed E-state index contributed by atoms with van der Waals surface area (Å²) in [5, 5.41) is 3.65. The highest BCUT2D eigenvalue weighted by Crippen LogP contribution is 2.22. The molecular formula is C18H15Cl2N3O2S. The normalized spacial score (nSPS) is 10.9. The molecule has 0 bridgehead atoms. The summed E-state index contributed by atoms with van der Waals surface area (Å²) in [5.74, 6) is 0.504. The van der Waals surface area contributed by atoms with Crippen LogP contribution >= 0.6 is 35.0 Å². The minimum Gasteiger partial charge on any atom is -0.325 e. The lowest BCUT2D eigenvalue weighted by atomic mass is 10.3. The van der Waals surface area contributed by atoms with Gasteiger partial charge in [0.15, 0.2) is 0 Å². The zero-order chi connectivity index (χ0) is 18.7. The third kappa shape index (κ3) is 4.78. The third-order valence-corrected chi connectivity index (χ3v) is 4.89. The number of amides is 1. The van der Waals surface area contributed by atoms with Gasteiger partial charge in [0.2, 0.25) is 5.91 Å². The summed E-state index contributed by atoms with van der Waals surface area (Å²) in [4.78, 5) is 28.7. The number of aryl methyl sites for hydroxylation is 1. The number of nitrogens with zero attached hydrogens (tertiary/aromatic N) is 2. The molecule has 1 aromatic carbocycles. The fourth-order valence-electron chi connectivity index (χ4n) is 2.40. The minimum absolute atomic E-state index is 0.132. The van der Waals surface area contributed by atoms with Crippen molar-refractivity contribution in [3.05, 3.63) is 74.3 Å². The van der Waals surface area contributed by atoms with E-state index in [4.69, 9.17) is 23.2 Å². The molecule has 0 radical (unpaired) electrons. The molecule has 1 amide bonds. The number of pyridine rings is 1. The highest BCUT2D eigenvalue weighted by Gasteiger charge is 2.07. The fraction of sp³-hybridized carbons (Fsp3) is 0.167. The average molecular weight is 408 g/mol. The van der Waals surface area contributed by atoms with Gasteiger partial charge in [-0.3, -0.25) is 14.0 Å². The summed E-state index contributed by atoms with van der Waals surface area (Å²) in [7, 11) is 0. The average Bonchev–Trinajstić information content (AvgIpc) is 2.54. The Morgan fingerprint density at radius 3 is 2.65 bits per heavy atom. The van der Waals surface area contributed by atoms with Crippen LogP contribution in [0.4, 0.5) is 5.69 Å². The number of anilines is 1. The first-order valence-electron chi connectivity index (χ1n) is 7.73. The zero-order valence-corrected chi connectivity index (χ0v) is 16.2. The number of nitrogens with one attached hydrogen (secondary N) is 1. The van der Waals surface area contributed by atoms with E-state index in [0.717, 1.165) is 5.56 Å². The molecule has 0 aliphatic carbocycles. The molecule has 26 heavy (non-hydrogen) atoms. The Morgan fingerprint density at radius 1 is 1.19 bits per heavy atom. The predicted molar refractivity (Wildman–Crippen MR) is 107 cm³/mol. The molecule has 0 saturated carbocycles. The van der Waals surface area contributed by atoms with Crippen LogP contribution in [0.3, 0.4) is 0 Å². The van der Waals surface area contributed by atoms with Crippen LogP contribution in [0.1, 0.15) is 11.3 Å². The van der Waals surface area contributed by atoms with Crippen LogP contribution in [0.25, 0.3) is 5.65 Å². The summed E-state index contributed by atoms with van der Waals surface area (Å²) in [5.41, 5.74) is 2.64. The van der Waals surface area contributed by atoms with Crippen molar-refractivity contribution in [1.82, 2.24) is 9.38 Å². The molecule has 134 valence electrons. The summed E-state index contributed by atoms with van der Waals surface area (Å²) in [6.45, 7) is 1.92. The molecule has 0 aliphatic heterocycles. The SMILES string of the molecule is Cc1ccc2nc(CSCC(=O)Nc3cc(Cl)cc(Cl)c3)cc(=O)n2c1. The van der Waals surface area contributed by atoms with Crippen molar-refractivity contribution in [2.24, 2.45) is 0 Å². The third-order valence-electron chi connectivity index (χ3n) is 3.49. The Labute approximate surface area is 164 Å². The topological polar surface area (TPSA) is 63.5 Å². The van der Waals surface area contributed by atoms with Crippen LogP contribution in [-0.2, 0) is 10.5 Å². The lowest BCUT2D eigenvalue weighted by Crippen LogP contribution is -2.16. The molecule has 3 rings (SSSR count). The van der Waals surface area contributed by atoms with E-state index in [9.17, 15) is 9.59 Å². The van der Waals surface area contributed by atoms with Crippen LogP contribution in [0.2, 0.25) is 10.0 Å². The number of carbonyl (C=O) groups is 1. The number of hydrogen-bond donors (Lipinski definition) is 1. The lowest BCUT2D eigenvalue weighted by Gasteiger charge is -2.07. The van der Waals surface area contributed by atoms with Gasteiger partial charge < -0.3 is 5.32 Å². The number of hydrogen-bond acceptors (Lipinski definition) is 4. The summed E-state index contributed by atoms with van der Waals surface area (Å²) >= 11 is 13.2. The van der Waals surface area contributed by atoms with Gasteiger partial charge in [0.25, 0.3) is 5.56 Å². The lowest BCUT2D eigenvalue weighted by molar-refractivity contribution is -0.113. The van der Waals surface area contributed by atoms with Gasteiger partial charge in [0.05, 0.1) is 11.4 Å². The molecule has 0 fully saturated rings. The molecule has 8 heteroatoms. The predicted octanol–water partition coefficient (Wildman–Crippen LogP) is 4.18. The van der Waals surface area contributed by atoms with Gasteiger partial charge in [-0.2, -0.15) is 0 Å². The summed E-state index contributed by atoms with van der Waals surface area (Å²) in [6.07, 6.45) is 1.76. The molecule has 5 nitrogen and oxygen atoms in total. The van der Waals surface area contributed by atoms with E-state index in [1.54, 1.807) is 30.5 Å². The molecule has 0 spiro atoms.